The van der Waals surface area contributed by atoms with E-state index in [0.29, 0.717) is 5.69 Å². The molecule has 1 aromatic carbocycles. The zero-order valence-corrected chi connectivity index (χ0v) is 9.57. The Labute approximate surface area is 89.0 Å². The smallest absolute Gasteiger partial charge is 0.242 e. The first-order valence-electron chi connectivity index (χ1n) is 4.27. The average Bonchev–Trinajstić information content (AvgIpc) is 2.16. The SMILES string of the molecule is CCSCS(=O)(=O)Nc1ccccc1. The van der Waals surface area contributed by atoms with Gasteiger partial charge in [0.15, 0.2) is 0 Å². The maximum atomic E-state index is 11.4. The molecule has 0 atom stereocenters. The molecule has 0 fully saturated rings. The van der Waals surface area contributed by atoms with Gasteiger partial charge in [-0.25, -0.2) is 8.42 Å². The third-order valence-corrected chi connectivity index (χ3v) is 4.35. The standard InChI is InChI=1S/C9H13NO2S2/c1-2-13-8-14(11,12)10-9-6-4-3-5-7-9/h3-7,10H,2,8H2,1H3. The zero-order valence-electron chi connectivity index (χ0n) is 7.93. The molecule has 0 aromatic heterocycles. The van der Waals surface area contributed by atoms with Gasteiger partial charge in [-0.1, -0.05) is 25.1 Å². The topological polar surface area (TPSA) is 46.2 Å². The average molecular weight is 231 g/mol. The van der Waals surface area contributed by atoms with Crippen molar-refractivity contribution in [2.75, 3.05) is 15.6 Å². The Hall–Kier alpha value is -0.680. The lowest BCUT2D eigenvalue weighted by molar-refractivity contribution is 0.606. The molecule has 0 radical (unpaired) electrons. The molecule has 78 valence electrons. The minimum Gasteiger partial charge on any atom is -0.283 e. The van der Waals surface area contributed by atoms with Crippen LogP contribution < -0.4 is 4.72 Å². The Morgan fingerprint density at radius 3 is 2.50 bits per heavy atom. The van der Waals surface area contributed by atoms with E-state index in [1.165, 1.54) is 11.8 Å². The van der Waals surface area contributed by atoms with Gasteiger partial charge in [0.25, 0.3) is 0 Å². The number of sulfonamides is 1. The number of thioether (sulfide) groups is 1. The van der Waals surface area contributed by atoms with E-state index < -0.39 is 10.0 Å². The van der Waals surface area contributed by atoms with E-state index in [4.69, 9.17) is 0 Å². The highest BCUT2D eigenvalue weighted by atomic mass is 32.3. The molecule has 0 aliphatic rings. The van der Waals surface area contributed by atoms with Crippen molar-refractivity contribution in [1.82, 2.24) is 0 Å². The normalized spacial score (nSPS) is 11.2. The molecule has 0 spiro atoms. The van der Waals surface area contributed by atoms with E-state index >= 15 is 0 Å². The summed E-state index contributed by atoms with van der Waals surface area (Å²) in [6.07, 6.45) is 0. The fraction of sp³-hybridized carbons (Fsp3) is 0.333. The van der Waals surface area contributed by atoms with Crippen LogP contribution in [0.2, 0.25) is 0 Å². The van der Waals surface area contributed by atoms with Crippen LogP contribution in [-0.2, 0) is 10.0 Å². The van der Waals surface area contributed by atoms with Crippen molar-refractivity contribution in [3.63, 3.8) is 0 Å². The van der Waals surface area contributed by atoms with Crippen molar-refractivity contribution in [3.05, 3.63) is 30.3 Å². The molecule has 3 nitrogen and oxygen atoms in total. The number of anilines is 1. The second kappa shape index (κ2) is 5.26. The minimum atomic E-state index is -3.18. The summed E-state index contributed by atoms with van der Waals surface area (Å²) in [5, 5.41) is 0.110. The maximum Gasteiger partial charge on any atom is 0.242 e. The van der Waals surface area contributed by atoms with Crippen LogP contribution >= 0.6 is 11.8 Å². The first-order chi connectivity index (χ1) is 6.64. The van der Waals surface area contributed by atoms with Crippen LogP contribution in [0.4, 0.5) is 5.69 Å². The molecule has 5 heteroatoms. The van der Waals surface area contributed by atoms with Gasteiger partial charge < -0.3 is 0 Å². The molecule has 0 bridgehead atoms. The number of hydrogen-bond donors (Lipinski definition) is 1. The molecule has 0 amide bonds. The van der Waals surface area contributed by atoms with Gasteiger partial charge >= 0.3 is 0 Å². The Kier molecular flexibility index (Phi) is 4.28. The Balaban J connectivity index is 2.60. The molecular formula is C9H13NO2S2. The Morgan fingerprint density at radius 2 is 1.93 bits per heavy atom. The van der Waals surface area contributed by atoms with E-state index in [9.17, 15) is 8.42 Å². The van der Waals surface area contributed by atoms with E-state index in [1.54, 1.807) is 24.3 Å². The summed E-state index contributed by atoms with van der Waals surface area (Å²) in [5.74, 6) is 0.801. The van der Waals surface area contributed by atoms with Crippen LogP contribution in [0, 0.1) is 0 Å². The van der Waals surface area contributed by atoms with Gasteiger partial charge in [-0.05, 0) is 17.9 Å². The second-order valence-corrected chi connectivity index (χ2v) is 6.06. The number of hydrogen-bond acceptors (Lipinski definition) is 3. The van der Waals surface area contributed by atoms with Gasteiger partial charge in [0.1, 0.15) is 5.08 Å². The van der Waals surface area contributed by atoms with Crippen LogP contribution in [0.1, 0.15) is 6.92 Å². The Morgan fingerprint density at radius 1 is 1.29 bits per heavy atom. The highest BCUT2D eigenvalue weighted by molar-refractivity contribution is 8.12. The van der Waals surface area contributed by atoms with E-state index in [0.717, 1.165) is 5.75 Å². The monoisotopic (exact) mass is 231 g/mol. The molecule has 0 saturated carbocycles. The predicted molar refractivity (Wildman–Crippen MR) is 62.0 cm³/mol. The first kappa shape index (κ1) is 11.4. The van der Waals surface area contributed by atoms with Gasteiger partial charge in [0.05, 0.1) is 0 Å². The summed E-state index contributed by atoms with van der Waals surface area (Å²) in [6.45, 7) is 1.93. The maximum absolute atomic E-state index is 11.4. The lowest BCUT2D eigenvalue weighted by atomic mass is 10.3. The second-order valence-electron chi connectivity index (χ2n) is 2.69. The van der Waals surface area contributed by atoms with Crippen molar-refractivity contribution in [2.24, 2.45) is 0 Å². The van der Waals surface area contributed by atoms with Crippen molar-refractivity contribution in [1.29, 1.82) is 0 Å². The van der Waals surface area contributed by atoms with Crippen molar-refractivity contribution < 1.29 is 8.42 Å². The molecule has 0 heterocycles. The predicted octanol–water partition coefficient (Wildman–Crippen LogP) is 2.14. The van der Waals surface area contributed by atoms with Crippen LogP contribution in [0.25, 0.3) is 0 Å². The number of para-hydroxylation sites is 1. The fourth-order valence-electron chi connectivity index (χ4n) is 0.908. The number of benzene rings is 1. The lowest BCUT2D eigenvalue weighted by Crippen LogP contribution is -2.14. The molecule has 0 aliphatic heterocycles. The summed E-state index contributed by atoms with van der Waals surface area (Å²) in [7, 11) is -3.18. The zero-order chi connectivity index (χ0) is 10.4. The molecule has 1 rings (SSSR count). The quantitative estimate of drug-likeness (QED) is 0.844. The van der Waals surface area contributed by atoms with Crippen LogP contribution in [0.15, 0.2) is 30.3 Å². The summed E-state index contributed by atoms with van der Waals surface area (Å²) >= 11 is 1.38. The van der Waals surface area contributed by atoms with Crippen LogP contribution in [0.3, 0.4) is 0 Å². The molecular weight excluding hydrogens is 218 g/mol. The highest BCUT2D eigenvalue weighted by Gasteiger charge is 2.08. The van der Waals surface area contributed by atoms with Crippen molar-refractivity contribution in [2.45, 2.75) is 6.92 Å². The van der Waals surface area contributed by atoms with E-state index in [-0.39, 0.29) is 5.08 Å². The molecule has 0 unspecified atom stereocenters. The molecule has 1 aromatic rings. The summed E-state index contributed by atoms with van der Waals surface area (Å²) in [5.41, 5.74) is 0.615. The number of rotatable bonds is 5. The largest absolute Gasteiger partial charge is 0.283 e. The molecule has 0 saturated heterocycles. The molecule has 14 heavy (non-hydrogen) atoms. The molecule has 1 N–H and O–H groups in total. The van der Waals surface area contributed by atoms with Crippen molar-refractivity contribution in [3.8, 4) is 0 Å². The third-order valence-electron chi connectivity index (χ3n) is 1.49. The summed E-state index contributed by atoms with van der Waals surface area (Å²) in [6, 6.07) is 8.90. The van der Waals surface area contributed by atoms with Crippen LogP contribution in [-0.4, -0.2) is 19.3 Å². The van der Waals surface area contributed by atoms with Gasteiger partial charge in [0, 0.05) is 5.69 Å². The van der Waals surface area contributed by atoms with E-state index in [1.807, 2.05) is 13.0 Å². The fourth-order valence-corrected chi connectivity index (χ4v) is 3.18. The number of nitrogens with one attached hydrogen (secondary N) is 1. The lowest BCUT2D eigenvalue weighted by Gasteiger charge is -2.06. The highest BCUT2D eigenvalue weighted by Crippen LogP contribution is 2.11. The molecule has 0 aliphatic carbocycles. The minimum absolute atomic E-state index is 0.110. The Bertz CT molecular complexity index is 362. The third kappa shape index (κ3) is 4.02. The van der Waals surface area contributed by atoms with E-state index in [2.05, 4.69) is 4.72 Å². The van der Waals surface area contributed by atoms with Crippen molar-refractivity contribution >= 4 is 27.5 Å². The summed E-state index contributed by atoms with van der Waals surface area (Å²) in [4.78, 5) is 0. The van der Waals surface area contributed by atoms with Crippen LogP contribution in [0.5, 0.6) is 0 Å². The van der Waals surface area contributed by atoms with Gasteiger partial charge in [0.2, 0.25) is 10.0 Å². The van der Waals surface area contributed by atoms with Gasteiger partial charge in [-0.15, -0.1) is 11.8 Å². The van der Waals surface area contributed by atoms with Gasteiger partial charge in [-0.2, -0.15) is 0 Å². The van der Waals surface area contributed by atoms with Gasteiger partial charge in [-0.3, -0.25) is 4.72 Å². The summed E-state index contributed by atoms with van der Waals surface area (Å²) < 4.78 is 25.4. The first-order valence-corrected chi connectivity index (χ1v) is 7.08.